The van der Waals surface area contributed by atoms with Crippen molar-refractivity contribution < 1.29 is 4.79 Å². The molecule has 0 aromatic carbocycles. The third kappa shape index (κ3) is 3.38. The van der Waals surface area contributed by atoms with Crippen LogP contribution in [-0.4, -0.2) is 17.4 Å². The number of rotatable bonds is 4. The fraction of sp³-hybridized carbons (Fsp3) is 0.333. The number of hydrogen-bond donors (Lipinski definition) is 1. The molecular formula is C9H12N2OS. The summed E-state index contributed by atoms with van der Waals surface area (Å²) in [5, 5.41) is 5.60. The highest BCUT2D eigenvalue weighted by molar-refractivity contribution is 7.09. The highest BCUT2D eigenvalue weighted by Crippen LogP contribution is 2.07. The zero-order chi connectivity index (χ0) is 9.68. The van der Waals surface area contributed by atoms with Crippen LogP contribution in [0.3, 0.4) is 0 Å². The molecule has 0 radical (unpaired) electrons. The Balaban J connectivity index is 2.40. The van der Waals surface area contributed by atoms with Crippen molar-refractivity contribution in [1.82, 2.24) is 10.3 Å². The van der Waals surface area contributed by atoms with Crippen molar-refractivity contribution in [1.29, 1.82) is 0 Å². The number of hydrogen-bond acceptors (Lipinski definition) is 3. The summed E-state index contributed by atoms with van der Waals surface area (Å²) in [5.41, 5.74) is 0.837. The molecule has 0 aliphatic carbocycles. The molecule has 1 N–H and O–H groups in total. The Labute approximate surface area is 81.5 Å². The van der Waals surface area contributed by atoms with Gasteiger partial charge in [0.1, 0.15) is 0 Å². The van der Waals surface area contributed by atoms with Gasteiger partial charge in [0, 0.05) is 11.9 Å². The summed E-state index contributed by atoms with van der Waals surface area (Å²) in [7, 11) is 0. The number of carbonyl (C=O) groups is 1. The van der Waals surface area contributed by atoms with E-state index in [1.165, 1.54) is 0 Å². The van der Waals surface area contributed by atoms with Gasteiger partial charge >= 0.3 is 0 Å². The Morgan fingerprint density at radius 3 is 3.15 bits per heavy atom. The molecule has 0 unspecified atom stereocenters. The van der Waals surface area contributed by atoms with E-state index >= 15 is 0 Å². The highest BCUT2D eigenvalue weighted by Gasteiger charge is 2.04. The largest absolute Gasteiger partial charge is 0.352 e. The van der Waals surface area contributed by atoms with Crippen LogP contribution in [0, 0.1) is 6.92 Å². The summed E-state index contributed by atoms with van der Waals surface area (Å²) in [6, 6.07) is 0. The van der Waals surface area contributed by atoms with Gasteiger partial charge in [0.25, 0.3) is 0 Å². The second-order valence-corrected chi connectivity index (χ2v) is 3.69. The molecule has 0 saturated heterocycles. The first-order chi connectivity index (χ1) is 6.22. The monoisotopic (exact) mass is 196 g/mol. The van der Waals surface area contributed by atoms with Gasteiger partial charge in [-0.2, -0.15) is 0 Å². The van der Waals surface area contributed by atoms with E-state index in [1.54, 1.807) is 17.4 Å². The molecule has 3 nitrogen and oxygen atoms in total. The van der Waals surface area contributed by atoms with E-state index in [1.807, 2.05) is 12.3 Å². The minimum absolute atomic E-state index is 0.00907. The summed E-state index contributed by atoms with van der Waals surface area (Å²) in [4.78, 5) is 15.4. The number of amides is 1. The molecule has 1 rings (SSSR count). The normalized spacial score (nSPS) is 9.62. The predicted molar refractivity (Wildman–Crippen MR) is 53.8 cm³/mol. The number of nitrogens with zero attached hydrogens (tertiary/aromatic N) is 1. The van der Waals surface area contributed by atoms with Gasteiger partial charge in [-0.05, 0) is 6.92 Å². The molecule has 0 bridgehead atoms. The van der Waals surface area contributed by atoms with Crippen LogP contribution in [0.1, 0.15) is 10.7 Å². The topological polar surface area (TPSA) is 42.0 Å². The fourth-order valence-electron chi connectivity index (χ4n) is 0.902. The van der Waals surface area contributed by atoms with Crippen LogP contribution in [0.5, 0.6) is 0 Å². The molecule has 13 heavy (non-hydrogen) atoms. The van der Waals surface area contributed by atoms with E-state index < -0.39 is 0 Å². The van der Waals surface area contributed by atoms with Crippen LogP contribution in [0.4, 0.5) is 0 Å². The maximum absolute atomic E-state index is 11.2. The molecule has 1 amide bonds. The van der Waals surface area contributed by atoms with Crippen molar-refractivity contribution in [3.63, 3.8) is 0 Å². The molecule has 0 atom stereocenters. The lowest BCUT2D eigenvalue weighted by Crippen LogP contribution is -2.25. The summed E-state index contributed by atoms with van der Waals surface area (Å²) in [6.07, 6.45) is 2.02. The van der Waals surface area contributed by atoms with Crippen molar-refractivity contribution in [2.75, 3.05) is 6.54 Å². The molecule has 0 aliphatic rings. The molecule has 0 saturated carbocycles. The lowest BCUT2D eigenvalue weighted by molar-refractivity contribution is -0.120. The maximum atomic E-state index is 11.2. The lowest BCUT2D eigenvalue weighted by Gasteiger charge is -1.98. The number of nitrogens with one attached hydrogen (secondary N) is 1. The van der Waals surface area contributed by atoms with Gasteiger partial charge < -0.3 is 5.32 Å². The van der Waals surface area contributed by atoms with Crippen LogP contribution in [0.2, 0.25) is 0 Å². The molecular weight excluding hydrogens is 184 g/mol. The summed E-state index contributed by atoms with van der Waals surface area (Å²) >= 11 is 1.56. The van der Waals surface area contributed by atoms with Gasteiger partial charge in [0.15, 0.2) is 0 Å². The second-order valence-electron chi connectivity index (χ2n) is 2.63. The summed E-state index contributed by atoms with van der Waals surface area (Å²) in [6.45, 7) is 5.96. The van der Waals surface area contributed by atoms with Gasteiger partial charge in [-0.15, -0.1) is 17.9 Å². The Hall–Kier alpha value is -1.16. The van der Waals surface area contributed by atoms with Crippen molar-refractivity contribution >= 4 is 17.2 Å². The number of thiazole rings is 1. The Kier molecular flexibility index (Phi) is 3.64. The standard InChI is InChI=1S/C9H12N2OS/c1-3-4-10-9(12)5-8-6-13-7(2)11-8/h3,6H,1,4-5H2,2H3,(H,10,12). The molecule has 4 heteroatoms. The third-order valence-electron chi connectivity index (χ3n) is 1.45. The number of aromatic nitrogens is 1. The quantitative estimate of drug-likeness (QED) is 0.737. The fourth-order valence-corrected chi connectivity index (χ4v) is 1.52. The van der Waals surface area contributed by atoms with E-state index in [2.05, 4.69) is 16.9 Å². The number of carbonyl (C=O) groups excluding carboxylic acids is 1. The zero-order valence-corrected chi connectivity index (χ0v) is 8.36. The van der Waals surface area contributed by atoms with Crippen LogP contribution >= 0.6 is 11.3 Å². The van der Waals surface area contributed by atoms with E-state index in [-0.39, 0.29) is 5.91 Å². The van der Waals surface area contributed by atoms with Crippen molar-refractivity contribution in [3.05, 3.63) is 28.7 Å². The molecule has 0 aliphatic heterocycles. The number of aryl methyl sites for hydroxylation is 1. The Bertz CT molecular complexity index is 306. The van der Waals surface area contributed by atoms with Crippen molar-refractivity contribution in [2.24, 2.45) is 0 Å². The Morgan fingerprint density at radius 1 is 1.85 bits per heavy atom. The lowest BCUT2D eigenvalue weighted by atomic mass is 10.3. The Morgan fingerprint density at radius 2 is 2.62 bits per heavy atom. The van der Waals surface area contributed by atoms with Crippen molar-refractivity contribution in [2.45, 2.75) is 13.3 Å². The third-order valence-corrected chi connectivity index (χ3v) is 2.27. The molecule has 0 fully saturated rings. The first kappa shape index (κ1) is 9.92. The van der Waals surface area contributed by atoms with E-state index in [0.29, 0.717) is 13.0 Å². The smallest absolute Gasteiger partial charge is 0.226 e. The van der Waals surface area contributed by atoms with Gasteiger partial charge in [-0.25, -0.2) is 4.98 Å². The van der Waals surface area contributed by atoms with Gasteiger partial charge in [0.2, 0.25) is 5.91 Å². The van der Waals surface area contributed by atoms with E-state index in [0.717, 1.165) is 10.7 Å². The maximum Gasteiger partial charge on any atom is 0.226 e. The SMILES string of the molecule is C=CCNC(=O)Cc1csc(C)n1. The van der Waals surface area contributed by atoms with Crippen molar-refractivity contribution in [3.8, 4) is 0 Å². The van der Waals surface area contributed by atoms with Crippen LogP contribution < -0.4 is 5.32 Å². The minimum atomic E-state index is -0.00907. The summed E-state index contributed by atoms with van der Waals surface area (Å²) in [5.74, 6) is -0.00907. The molecule has 0 spiro atoms. The average Bonchev–Trinajstić information content (AvgIpc) is 2.48. The highest BCUT2D eigenvalue weighted by atomic mass is 32.1. The van der Waals surface area contributed by atoms with Crippen LogP contribution in [0.25, 0.3) is 0 Å². The van der Waals surface area contributed by atoms with Gasteiger partial charge in [0.05, 0.1) is 17.1 Å². The average molecular weight is 196 g/mol. The minimum Gasteiger partial charge on any atom is -0.352 e. The van der Waals surface area contributed by atoms with E-state index in [4.69, 9.17) is 0 Å². The van der Waals surface area contributed by atoms with Gasteiger partial charge in [-0.3, -0.25) is 4.79 Å². The predicted octanol–water partition coefficient (Wildman–Crippen LogP) is 1.30. The molecule has 1 aromatic heterocycles. The van der Waals surface area contributed by atoms with Crippen LogP contribution in [-0.2, 0) is 11.2 Å². The van der Waals surface area contributed by atoms with E-state index in [9.17, 15) is 4.79 Å². The zero-order valence-electron chi connectivity index (χ0n) is 7.54. The summed E-state index contributed by atoms with van der Waals surface area (Å²) < 4.78 is 0. The molecule has 1 aromatic rings. The van der Waals surface area contributed by atoms with Gasteiger partial charge in [-0.1, -0.05) is 6.08 Å². The molecule has 1 heterocycles. The molecule has 70 valence electrons. The first-order valence-electron chi connectivity index (χ1n) is 4.01. The first-order valence-corrected chi connectivity index (χ1v) is 4.89. The second kappa shape index (κ2) is 4.77. The van der Waals surface area contributed by atoms with Crippen LogP contribution in [0.15, 0.2) is 18.0 Å².